The highest BCUT2D eigenvalue weighted by atomic mass is 14.9. The van der Waals surface area contributed by atoms with Gasteiger partial charge in [0, 0.05) is 6.04 Å². The third-order valence-electron chi connectivity index (χ3n) is 7.78. The number of rotatable bonds is 2. The van der Waals surface area contributed by atoms with Crippen molar-refractivity contribution in [1.29, 1.82) is 0 Å². The van der Waals surface area contributed by atoms with Crippen LogP contribution in [0.15, 0.2) is 0 Å². The summed E-state index contributed by atoms with van der Waals surface area (Å²) in [7, 11) is 0. The molecule has 1 saturated heterocycles. The van der Waals surface area contributed by atoms with Gasteiger partial charge >= 0.3 is 0 Å². The molecule has 1 nitrogen and oxygen atoms in total. The van der Waals surface area contributed by atoms with Gasteiger partial charge < -0.3 is 5.32 Å². The summed E-state index contributed by atoms with van der Waals surface area (Å²) in [5.41, 5.74) is 0. The van der Waals surface area contributed by atoms with Gasteiger partial charge in [-0.1, -0.05) is 34.6 Å². The van der Waals surface area contributed by atoms with E-state index in [1.807, 2.05) is 0 Å². The van der Waals surface area contributed by atoms with E-state index in [9.17, 15) is 0 Å². The summed E-state index contributed by atoms with van der Waals surface area (Å²) in [6.07, 6.45) is 7.34. The van der Waals surface area contributed by atoms with Crippen LogP contribution in [0.3, 0.4) is 0 Å². The van der Waals surface area contributed by atoms with Crippen LogP contribution in [-0.2, 0) is 0 Å². The lowest BCUT2D eigenvalue weighted by atomic mass is 9.62. The normalized spacial score (nSPS) is 54.4. The van der Waals surface area contributed by atoms with Gasteiger partial charge in [-0.2, -0.15) is 0 Å². The van der Waals surface area contributed by atoms with Gasteiger partial charge in [0.15, 0.2) is 0 Å². The molecule has 0 aromatic carbocycles. The van der Waals surface area contributed by atoms with Crippen molar-refractivity contribution in [3.05, 3.63) is 0 Å². The second-order valence-corrected chi connectivity index (χ2v) is 9.17. The molecule has 0 aromatic heterocycles. The average Bonchev–Trinajstić information content (AvgIpc) is 2.66. The van der Waals surface area contributed by atoms with E-state index < -0.39 is 0 Å². The van der Waals surface area contributed by atoms with Gasteiger partial charge in [-0.15, -0.1) is 0 Å². The van der Waals surface area contributed by atoms with Crippen molar-refractivity contribution in [2.75, 3.05) is 6.54 Å². The maximum absolute atomic E-state index is 3.87. The molecular formula is C20H37N. The monoisotopic (exact) mass is 291 g/mol. The van der Waals surface area contributed by atoms with E-state index in [0.29, 0.717) is 0 Å². The molecular weight excluding hydrogens is 254 g/mol. The Bertz CT molecular complexity index is 352. The van der Waals surface area contributed by atoms with Crippen molar-refractivity contribution in [2.45, 2.75) is 72.8 Å². The van der Waals surface area contributed by atoms with E-state index in [2.05, 4.69) is 39.9 Å². The fourth-order valence-corrected chi connectivity index (χ4v) is 6.27. The summed E-state index contributed by atoms with van der Waals surface area (Å²) in [5.74, 6) is 7.67. The summed E-state index contributed by atoms with van der Waals surface area (Å²) < 4.78 is 0. The van der Waals surface area contributed by atoms with Gasteiger partial charge in [0.1, 0.15) is 0 Å². The van der Waals surface area contributed by atoms with Gasteiger partial charge in [-0.25, -0.2) is 0 Å². The molecule has 21 heavy (non-hydrogen) atoms. The van der Waals surface area contributed by atoms with Gasteiger partial charge in [0.05, 0.1) is 0 Å². The number of hydrogen-bond donors (Lipinski definition) is 1. The van der Waals surface area contributed by atoms with Gasteiger partial charge in [0.25, 0.3) is 0 Å². The predicted octanol–water partition coefficient (Wildman–Crippen LogP) is 4.97. The Labute approximate surface area is 132 Å². The SMILES string of the molecule is CC1CC2NCC[C@H](C)[C@@H]2[C@H](C[C@@H]2C[C@H](C)[C@H](C)[C@@H]2C)C1. The van der Waals surface area contributed by atoms with E-state index in [1.165, 1.54) is 38.6 Å². The van der Waals surface area contributed by atoms with Crippen LogP contribution < -0.4 is 5.32 Å². The molecule has 1 N–H and O–H groups in total. The average molecular weight is 292 g/mol. The van der Waals surface area contributed by atoms with E-state index in [-0.39, 0.29) is 0 Å². The Morgan fingerprint density at radius 1 is 0.810 bits per heavy atom. The largest absolute Gasteiger partial charge is 0.314 e. The smallest absolute Gasteiger partial charge is 0.0103 e. The summed E-state index contributed by atoms with van der Waals surface area (Å²) in [6, 6.07) is 0.828. The van der Waals surface area contributed by atoms with Crippen molar-refractivity contribution >= 4 is 0 Å². The molecule has 3 aliphatic rings. The fraction of sp³-hybridized carbons (Fsp3) is 1.00. The molecule has 9 atom stereocenters. The van der Waals surface area contributed by atoms with Crippen molar-refractivity contribution in [2.24, 2.45) is 47.3 Å². The minimum absolute atomic E-state index is 0.828. The molecule has 0 bridgehead atoms. The van der Waals surface area contributed by atoms with Crippen LogP contribution in [0.5, 0.6) is 0 Å². The lowest BCUT2D eigenvalue weighted by molar-refractivity contribution is 0.0450. The highest BCUT2D eigenvalue weighted by Crippen LogP contribution is 2.49. The Hall–Kier alpha value is -0.0400. The molecule has 2 saturated carbocycles. The first-order valence-corrected chi connectivity index (χ1v) is 9.70. The van der Waals surface area contributed by atoms with E-state index in [0.717, 1.165) is 53.4 Å². The Morgan fingerprint density at radius 2 is 1.57 bits per heavy atom. The van der Waals surface area contributed by atoms with Crippen molar-refractivity contribution in [1.82, 2.24) is 5.32 Å². The molecule has 1 aliphatic heterocycles. The first kappa shape index (κ1) is 15.8. The molecule has 0 aromatic rings. The van der Waals surface area contributed by atoms with Gasteiger partial charge in [-0.3, -0.25) is 0 Å². The van der Waals surface area contributed by atoms with E-state index in [4.69, 9.17) is 0 Å². The molecule has 3 fully saturated rings. The standard InChI is InChI=1S/C20H37N/c1-12-8-18(11-17-10-14(3)15(4)16(17)5)20-13(2)6-7-21-19(20)9-12/h12-21H,6-11H2,1-5H3/t12?,13-,14-,15-,16-,17-,18-,19?,20+/m0/s1. The quantitative estimate of drug-likeness (QED) is 0.758. The topological polar surface area (TPSA) is 12.0 Å². The minimum Gasteiger partial charge on any atom is -0.314 e. The van der Waals surface area contributed by atoms with Crippen molar-refractivity contribution < 1.29 is 0 Å². The Balaban J connectivity index is 1.70. The highest BCUT2D eigenvalue weighted by molar-refractivity contribution is 4.96. The molecule has 122 valence electrons. The van der Waals surface area contributed by atoms with Crippen LogP contribution in [0.4, 0.5) is 0 Å². The summed E-state index contributed by atoms with van der Waals surface area (Å²) in [6.45, 7) is 13.8. The molecule has 1 heteroatoms. The molecule has 0 radical (unpaired) electrons. The Kier molecular flexibility index (Phi) is 4.69. The zero-order chi connectivity index (χ0) is 15.1. The second-order valence-electron chi connectivity index (χ2n) is 9.17. The van der Waals surface area contributed by atoms with Crippen LogP contribution in [0, 0.1) is 47.3 Å². The fourth-order valence-electron chi connectivity index (χ4n) is 6.27. The third kappa shape index (κ3) is 3.05. The molecule has 3 rings (SSSR count). The molecule has 2 aliphatic carbocycles. The lowest BCUT2D eigenvalue weighted by Crippen LogP contribution is -2.52. The maximum Gasteiger partial charge on any atom is 0.0103 e. The summed E-state index contributed by atoms with van der Waals surface area (Å²) >= 11 is 0. The van der Waals surface area contributed by atoms with Gasteiger partial charge in [-0.05, 0) is 86.0 Å². The van der Waals surface area contributed by atoms with Crippen molar-refractivity contribution in [3.63, 3.8) is 0 Å². The first-order chi connectivity index (χ1) is 9.97. The second kappa shape index (κ2) is 6.22. The molecule has 2 unspecified atom stereocenters. The zero-order valence-corrected chi connectivity index (χ0v) is 14.9. The van der Waals surface area contributed by atoms with Crippen LogP contribution in [-0.4, -0.2) is 12.6 Å². The molecule has 0 amide bonds. The van der Waals surface area contributed by atoms with Gasteiger partial charge in [0.2, 0.25) is 0 Å². The maximum atomic E-state index is 3.87. The number of hydrogen-bond acceptors (Lipinski definition) is 1. The number of nitrogens with one attached hydrogen (secondary N) is 1. The molecule has 0 spiro atoms. The highest BCUT2D eigenvalue weighted by Gasteiger charge is 2.44. The van der Waals surface area contributed by atoms with Crippen LogP contribution in [0.25, 0.3) is 0 Å². The molecule has 1 heterocycles. The van der Waals surface area contributed by atoms with E-state index >= 15 is 0 Å². The number of fused-ring (bicyclic) bond motifs is 1. The van der Waals surface area contributed by atoms with Crippen LogP contribution in [0.2, 0.25) is 0 Å². The predicted molar refractivity (Wildman–Crippen MR) is 91.2 cm³/mol. The zero-order valence-electron chi connectivity index (χ0n) is 14.9. The lowest BCUT2D eigenvalue weighted by Gasteiger charge is -2.48. The van der Waals surface area contributed by atoms with Crippen LogP contribution >= 0.6 is 0 Å². The third-order valence-corrected chi connectivity index (χ3v) is 7.78. The summed E-state index contributed by atoms with van der Waals surface area (Å²) in [4.78, 5) is 0. The first-order valence-electron chi connectivity index (χ1n) is 9.70. The van der Waals surface area contributed by atoms with Crippen molar-refractivity contribution in [3.8, 4) is 0 Å². The van der Waals surface area contributed by atoms with E-state index in [1.54, 1.807) is 0 Å². The Morgan fingerprint density at radius 3 is 2.24 bits per heavy atom. The minimum atomic E-state index is 0.828. The summed E-state index contributed by atoms with van der Waals surface area (Å²) in [5, 5.41) is 3.87. The van der Waals surface area contributed by atoms with Crippen LogP contribution in [0.1, 0.15) is 66.7 Å². The number of piperidine rings is 1.